The monoisotopic (exact) mass is 382 g/mol. The normalized spacial score (nSPS) is 10.3. The van der Waals surface area contributed by atoms with Crippen molar-refractivity contribution in [2.45, 2.75) is 33.4 Å². The molecule has 6 heteroatoms. The highest BCUT2D eigenvalue weighted by Crippen LogP contribution is 2.25. The van der Waals surface area contributed by atoms with Gasteiger partial charge in [0.15, 0.2) is 0 Å². The third-order valence-corrected chi connectivity index (χ3v) is 4.36. The number of nitrogens with one attached hydrogen (secondary N) is 2. The molecule has 0 aliphatic heterocycles. The van der Waals surface area contributed by atoms with Crippen LogP contribution in [0.4, 0.5) is 16.2 Å². The van der Waals surface area contributed by atoms with Crippen molar-refractivity contribution < 1.29 is 9.59 Å². The van der Waals surface area contributed by atoms with Crippen LogP contribution < -0.4 is 15.5 Å². The molecule has 0 heterocycles. The van der Waals surface area contributed by atoms with Gasteiger partial charge in [-0.05, 0) is 36.2 Å². The molecule has 3 amide bonds. The second-order valence-corrected chi connectivity index (χ2v) is 6.82. The number of carbonyl (C=O) groups excluding carboxylic acids is 2. The molecule has 0 fully saturated rings. The fraction of sp³-hybridized carbons (Fsp3) is 0.364. The van der Waals surface area contributed by atoms with Crippen molar-refractivity contribution >= 4 is 23.3 Å². The molecular formula is C22H30N4O2. The largest absolute Gasteiger partial charge is 0.377 e. The number of benzene rings is 2. The molecule has 2 rings (SSSR count). The van der Waals surface area contributed by atoms with Crippen molar-refractivity contribution in [1.29, 1.82) is 0 Å². The summed E-state index contributed by atoms with van der Waals surface area (Å²) in [5.41, 5.74) is 3.79. The maximum atomic E-state index is 12.7. The highest BCUT2D eigenvalue weighted by atomic mass is 16.2. The molecule has 0 aliphatic rings. The fourth-order valence-corrected chi connectivity index (χ4v) is 2.95. The molecule has 150 valence electrons. The predicted molar refractivity (Wildman–Crippen MR) is 114 cm³/mol. The molecule has 0 atom stereocenters. The van der Waals surface area contributed by atoms with Gasteiger partial charge in [-0.15, -0.1) is 0 Å². The van der Waals surface area contributed by atoms with E-state index in [0.717, 1.165) is 22.5 Å². The topological polar surface area (TPSA) is 64.7 Å². The first-order chi connectivity index (χ1) is 13.4. The number of anilines is 2. The van der Waals surface area contributed by atoms with Crippen LogP contribution in [0.5, 0.6) is 0 Å². The Morgan fingerprint density at radius 2 is 1.68 bits per heavy atom. The van der Waals surface area contributed by atoms with E-state index in [1.807, 2.05) is 81.4 Å². The summed E-state index contributed by atoms with van der Waals surface area (Å²) >= 11 is 0. The van der Waals surface area contributed by atoms with E-state index in [4.69, 9.17) is 0 Å². The Hall–Kier alpha value is -3.02. The Labute approximate surface area is 167 Å². The molecule has 0 aliphatic carbocycles. The maximum absolute atomic E-state index is 12.7. The van der Waals surface area contributed by atoms with Crippen LogP contribution in [-0.2, 0) is 17.9 Å². The highest BCUT2D eigenvalue weighted by molar-refractivity contribution is 5.90. The van der Waals surface area contributed by atoms with Crippen LogP contribution in [0.3, 0.4) is 0 Å². The smallest absolute Gasteiger partial charge is 0.317 e. The summed E-state index contributed by atoms with van der Waals surface area (Å²) in [4.78, 5) is 28.2. The number of urea groups is 1. The maximum Gasteiger partial charge on any atom is 0.317 e. The minimum absolute atomic E-state index is 0.0339. The Balaban J connectivity index is 2.32. The first-order valence-corrected chi connectivity index (χ1v) is 9.61. The van der Waals surface area contributed by atoms with Crippen LogP contribution in [0.2, 0.25) is 0 Å². The van der Waals surface area contributed by atoms with Gasteiger partial charge in [-0.3, -0.25) is 4.79 Å². The highest BCUT2D eigenvalue weighted by Gasteiger charge is 2.17. The number of hydrogen-bond acceptors (Lipinski definition) is 3. The van der Waals surface area contributed by atoms with Gasteiger partial charge < -0.3 is 20.4 Å². The molecule has 0 aromatic heterocycles. The SMILES string of the molecule is CCNC(=O)N(Cc1ccccc1)Cc1cc(NC(=O)CC)ccc1N(C)C. The van der Waals surface area contributed by atoms with Gasteiger partial charge in [0.25, 0.3) is 0 Å². The molecule has 6 nitrogen and oxygen atoms in total. The van der Waals surface area contributed by atoms with Crippen LogP contribution in [0.15, 0.2) is 48.5 Å². The van der Waals surface area contributed by atoms with Crippen LogP contribution in [0.1, 0.15) is 31.4 Å². The standard InChI is InChI=1S/C22H30N4O2/c1-5-21(27)24-19-12-13-20(25(3)4)18(14-19)16-26(22(28)23-6-2)15-17-10-8-7-9-11-17/h7-14H,5-6,15-16H2,1-4H3,(H,23,28)(H,24,27). The second-order valence-electron chi connectivity index (χ2n) is 6.82. The van der Waals surface area contributed by atoms with E-state index in [0.29, 0.717) is 26.1 Å². The molecule has 0 saturated heterocycles. The van der Waals surface area contributed by atoms with E-state index >= 15 is 0 Å². The van der Waals surface area contributed by atoms with Crippen molar-refractivity contribution in [2.75, 3.05) is 30.9 Å². The summed E-state index contributed by atoms with van der Waals surface area (Å²) in [7, 11) is 3.94. The summed E-state index contributed by atoms with van der Waals surface area (Å²) in [6, 6.07) is 15.6. The van der Waals surface area contributed by atoms with Crippen LogP contribution in [0, 0.1) is 0 Å². The van der Waals surface area contributed by atoms with Crippen molar-refractivity contribution in [2.24, 2.45) is 0 Å². The van der Waals surface area contributed by atoms with Gasteiger partial charge in [0, 0.05) is 51.5 Å². The van der Waals surface area contributed by atoms with Crippen LogP contribution in [-0.4, -0.2) is 37.5 Å². The lowest BCUT2D eigenvalue weighted by molar-refractivity contribution is -0.115. The van der Waals surface area contributed by atoms with Gasteiger partial charge in [0.1, 0.15) is 0 Å². The van der Waals surface area contributed by atoms with Crippen molar-refractivity contribution in [3.63, 3.8) is 0 Å². The van der Waals surface area contributed by atoms with Gasteiger partial charge in [0.2, 0.25) is 5.91 Å². The first kappa shape index (κ1) is 21.3. The number of hydrogen-bond donors (Lipinski definition) is 2. The van der Waals surface area contributed by atoms with E-state index in [9.17, 15) is 9.59 Å². The zero-order valence-corrected chi connectivity index (χ0v) is 17.2. The lowest BCUT2D eigenvalue weighted by atomic mass is 10.1. The number of carbonyl (C=O) groups is 2. The van der Waals surface area contributed by atoms with E-state index < -0.39 is 0 Å². The van der Waals surface area contributed by atoms with E-state index in [2.05, 4.69) is 10.6 Å². The van der Waals surface area contributed by atoms with Gasteiger partial charge in [-0.25, -0.2) is 4.79 Å². The third-order valence-electron chi connectivity index (χ3n) is 4.36. The summed E-state index contributed by atoms with van der Waals surface area (Å²) in [5, 5.41) is 5.79. The van der Waals surface area contributed by atoms with E-state index in [1.54, 1.807) is 4.90 Å². The molecular weight excluding hydrogens is 352 g/mol. The van der Waals surface area contributed by atoms with Crippen LogP contribution >= 0.6 is 0 Å². The van der Waals surface area contributed by atoms with Crippen molar-refractivity contribution in [1.82, 2.24) is 10.2 Å². The average molecular weight is 383 g/mol. The van der Waals surface area contributed by atoms with Crippen molar-refractivity contribution in [3.05, 3.63) is 59.7 Å². The molecule has 2 aromatic rings. The molecule has 2 aromatic carbocycles. The molecule has 0 radical (unpaired) electrons. The second kappa shape index (κ2) is 10.3. The van der Waals surface area contributed by atoms with E-state index in [1.165, 1.54) is 0 Å². The van der Waals surface area contributed by atoms with Crippen LogP contribution in [0.25, 0.3) is 0 Å². The Kier molecular flexibility index (Phi) is 7.87. The summed E-state index contributed by atoms with van der Waals surface area (Å²) in [6.45, 7) is 5.23. The zero-order valence-electron chi connectivity index (χ0n) is 17.2. The summed E-state index contributed by atoms with van der Waals surface area (Å²) in [5.74, 6) is -0.0339. The van der Waals surface area contributed by atoms with E-state index in [-0.39, 0.29) is 11.9 Å². The molecule has 0 spiro atoms. The Morgan fingerprint density at radius 1 is 0.964 bits per heavy atom. The van der Waals surface area contributed by atoms with Gasteiger partial charge in [-0.2, -0.15) is 0 Å². The molecule has 28 heavy (non-hydrogen) atoms. The summed E-state index contributed by atoms with van der Waals surface area (Å²) < 4.78 is 0. The lowest BCUT2D eigenvalue weighted by Gasteiger charge is -2.26. The number of rotatable bonds is 8. The zero-order chi connectivity index (χ0) is 20.5. The molecule has 0 saturated carbocycles. The minimum atomic E-state index is -0.112. The van der Waals surface area contributed by atoms with Gasteiger partial charge >= 0.3 is 6.03 Å². The molecule has 0 unspecified atom stereocenters. The Morgan fingerprint density at radius 3 is 2.29 bits per heavy atom. The fourth-order valence-electron chi connectivity index (χ4n) is 2.95. The molecule has 0 bridgehead atoms. The summed E-state index contributed by atoms with van der Waals surface area (Å²) in [6.07, 6.45) is 0.420. The Bertz CT molecular complexity index is 790. The lowest BCUT2D eigenvalue weighted by Crippen LogP contribution is -2.39. The van der Waals surface area contributed by atoms with Gasteiger partial charge in [0.05, 0.1) is 0 Å². The number of nitrogens with zero attached hydrogens (tertiary/aromatic N) is 2. The van der Waals surface area contributed by atoms with Crippen molar-refractivity contribution in [3.8, 4) is 0 Å². The van der Waals surface area contributed by atoms with Gasteiger partial charge in [-0.1, -0.05) is 37.3 Å². The first-order valence-electron chi connectivity index (χ1n) is 9.61. The average Bonchev–Trinajstić information content (AvgIpc) is 2.68. The minimum Gasteiger partial charge on any atom is -0.377 e. The quantitative estimate of drug-likeness (QED) is 0.729. The third kappa shape index (κ3) is 6.01. The number of amides is 3. The predicted octanol–water partition coefficient (Wildman–Crippen LogP) is 3.83. The molecule has 2 N–H and O–H groups in total.